The minimum Gasteiger partial charge on any atom is -0.497 e. The molecule has 8 nitrogen and oxygen atoms in total. The molecule has 3 aromatic rings. The third-order valence-corrected chi connectivity index (χ3v) is 5.79. The zero-order valence-corrected chi connectivity index (χ0v) is 20.9. The molecule has 0 fully saturated rings. The summed E-state index contributed by atoms with van der Waals surface area (Å²) in [7, 11) is 1.55. The molecule has 3 aromatic carbocycles. The van der Waals surface area contributed by atoms with Crippen LogP contribution in [0.1, 0.15) is 47.7 Å². The highest BCUT2D eigenvalue weighted by Gasteiger charge is 2.32. The number of carbonyl (C=O) groups is 1. The first-order valence-electron chi connectivity index (χ1n) is 12.0. The van der Waals surface area contributed by atoms with Crippen molar-refractivity contribution >= 4 is 5.97 Å². The molecule has 190 valence electrons. The molecule has 1 heterocycles. The van der Waals surface area contributed by atoms with E-state index in [0.29, 0.717) is 47.3 Å². The number of ether oxygens (including phenoxy) is 5. The van der Waals surface area contributed by atoms with Gasteiger partial charge in [0.05, 0.1) is 31.8 Å². The molecule has 1 aliphatic heterocycles. The summed E-state index contributed by atoms with van der Waals surface area (Å²) in [6, 6.07) is 19.4. The van der Waals surface area contributed by atoms with E-state index < -0.39 is 11.9 Å². The standard InChI is InChI=1S/C29H28N2O6/c1-4-14-35-24-13-8-19(15-26(24)34-5-2)27-22-12-11-21(16-25(22)37-28(31)23(27)17-30)36-29(32)18-6-9-20(33-3)10-7-18/h6-13,15-16,27H,4-5,14,31H2,1-3H3. The normalized spacial score (nSPS) is 14.2. The van der Waals surface area contributed by atoms with Gasteiger partial charge < -0.3 is 29.4 Å². The largest absolute Gasteiger partial charge is 0.497 e. The van der Waals surface area contributed by atoms with Crippen molar-refractivity contribution in [3.05, 3.63) is 88.8 Å². The zero-order valence-electron chi connectivity index (χ0n) is 20.9. The number of fused-ring (bicyclic) bond motifs is 1. The van der Waals surface area contributed by atoms with Crippen LogP contribution >= 0.6 is 0 Å². The van der Waals surface area contributed by atoms with E-state index in [2.05, 4.69) is 6.07 Å². The Morgan fingerprint density at radius 2 is 1.76 bits per heavy atom. The maximum atomic E-state index is 12.6. The van der Waals surface area contributed by atoms with Gasteiger partial charge in [-0.05, 0) is 61.4 Å². The summed E-state index contributed by atoms with van der Waals surface area (Å²) in [5, 5.41) is 9.90. The van der Waals surface area contributed by atoms with Gasteiger partial charge in [0.2, 0.25) is 5.88 Å². The number of allylic oxidation sites excluding steroid dienone is 1. The van der Waals surface area contributed by atoms with E-state index in [0.717, 1.165) is 12.0 Å². The van der Waals surface area contributed by atoms with E-state index in [1.165, 1.54) is 0 Å². The number of nitrogens with zero attached hydrogens (tertiary/aromatic N) is 1. The number of methoxy groups -OCH3 is 1. The third-order valence-electron chi connectivity index (χ3n) is 5.79. The second-order valence-electron chi connectivity index (χ2n) is 8.23. The van der Waals surface area contributed by atoms with Crippen molar-refractivity contribution in [3.8, 4) is 34.8 Å². The van der Waals surface area contributed by atoms with Crippen LogP contribution in [0.2, 0.25) is 0 Å². The van der Waals surface area contributed by atoms with Crippen molar-refractivity contribution in [2.24, 2.45) is 5.73 Å². The van der Waals surface area contributed by atoms with Crippen LogP contribution in [0.4, 0.5) is 0 Å². The molecule has 0 aromatic heterocycles. The number of hydrogen-bond donors (Lipinski definition) is 1. The Morgan fingerprint density at radius 3 is 2.43 bits per heavy atom. The Kier molecular flexibility index (Phi) is 7.84. The molecule has 1 unspecified atom stereocenters. The molecule has 8 heteroatoms. The number of nitrogens with two attached hydrogens (primary N) is 1. The number of carbonyl (C=O) groups excluding carboxylic acids is 1. The lowest BCUT2D eigenvalue weighted by Gasteiger charge is -2.27. The fourth-order valence-corrected chi connectivity index (χ4v) is 4.04. The molecule has 0 aliphatic carbocycles. The lowest BCUT2D eigenvalue weighted by Crippen LogP contribution is -2.21. The first-order valence-corrected chi connectivity index (χ1v) is 12.0. The van der Waals surface area contributed by atoms with Crippen LogP contribution in [0.3, 0.4) is 0 Å². The summed E-state index contributed by atoms with van der Waals surface area (Å²) in [6.45, 7) is 4.95. The average molecular weight is 501 g/mol. The smallest absolute Gasteiger partial charge is 0.343 e. The Hall–Kier alpha value is -4.64. The number of nitriles is 1. The van der Waals surface area contributed by atoms with Gasteiger partial charge in [-0.25, -0.2) is 4.79 Å². The fraction of sp³-hybridized carbons (Fsp3) is 0.241. The van der Waals surface area contributed by atoms with Gasteiger partial charge in [0, 0.05) is 11.6 Å². The SMILES string of the molecule is CCCOc1ccc(C2C(C#N)=C(N)Oc3cc(OC(=O)c4ccc(OC)cc4)ccc32)cc1OCC. The van der Waals surface area contributed by atoms with Crippen LogP contribution in [0.5, 0.6) is 28.7 Å². The van der Waals surface area contributed by atoms with Gasteiger partial charge in [-0.1, -0.05) is 19.1 Å². The molecule has 0 amide bonds. The molecule has 37 heavy (non-hydrogen) atoms. The quantitative estimate of drug-likeness (QED) is 0.310. The maximum absolute atomic E-state index is 12.6. The summed E-state index contributed by atoms with van der Waals surface area (Å²) < 4.78 is 28.1. The lowest BCUT2D eigenvalue weighted by molar-refractivity contribution is 0.0734. The van der Waals surface area contributed by atoms with E-state index >= 15 is 0 Å². The summed E-state index contributed by atoms with van der Waals surface area (Å²) in [6.07, 6.45) is 0.865. The van der Waals surface area contributed by atoms with Crippen LogP contribution < -0.4 is 29.4 Å². The monoisotopic (exact) mass is 500 g/mol. The van der Waals surface area contributed by atoms with Gasteiger partial charge in [0.15, 0.2) is 11.5 Å². The van der Waals surface area contributed by atoms with Gasteiger partial charge in [-0.2, -0.15) is 5.26 Å². The summed E-state index contributed by atoms with van der Waals surface area (Å²) >= 11 is 0. The second kappa shape index (κ2) is 11.4. The molecular weight excluding hydrogens is 472 g/mol. The van der Waals surface area contributed by atoms with Crippen LogP contribution in [-0.2, 0) is 0 Å². The first-order chi connectivity index (χ1) is 18.0. The van der Waals surface area contributed by atoms with Gasteiger partial charge >= 0.3 is 5.97 Å². The second-order valence-corrected chi connectivity index (χ2v) is 8.23. The minimum atomic E-state index is -0.528. The van der Waals surface area contributed by atoms with Crippen molar-refractivity contribution in [1.29, 1.82) is 5.26 Å². The highest BCUT2D eigenvalue weighted by molar-refractivity contribution is 5.91. The Balaban J connectivity index is 1.67. The fourth-order valence-electron chi connectivity index (χ4n) is 4.04. The lowest BCUT2D eigenvalue weighted by atomic mass is 9.83. The van der Waals surface area contributed by atoms with Crippen LogP contribution in [0, 0.1) is 11.3 Å². The van der Waals surface area contributed by atoms with Gasteiger partial charge in [-0.3, -0.25) is 0 Å². The van der Waals surface area contributed by atoms with Gasteiger partial charge in [0.1, 0.15) is 28.9 Å². The number of benzene rings is 3. The van der Waals surface area contributed by atoms with E-state index in [-0.39, 0.29) is 17.2 Å². The Morgan fingerprint density at radius 1 is 1.00 bits per heavy atom. The highest BCUT2D eigenvalue weighted by Crippen LogP contribution is 2.45. The molecule has 1 aliphatic rings. The van der Waals surface area contributed by atoms with Gasteiger partial charge in [-0.15, -0.1) is 0 Å². The average Bonchev–Trinajstić information content (AvgIpc) is 2.91. The molecule has 0 bridgehead atoms. The topological polar surface area (TPSA) is 113 Å². The summed E-state index contributed by atoms with van der Waals surface area (Å²) in [5.74, 6) is 1.49. The van der Waals surface area contributed by atoms with Crippen molar-refractivity contribution in [3.63, 3.8) is 0 Å². The predicted molar refractivity (Wildman–Crippen MR) is 137 cm³/mol. The molecule has 4 rings (SSSR count). The minimum absolute atomic E-state index is 0.0112. The van der Waals surface area contributed by atoms with Crippen LogP contribution in [-0.4, -0.2) is 26.3 Å². The van der Waals surface area contributed by atoms with Crippen molar-refractivity contribution in [2.75, 3.05) is 20.3 Å². The third kappa shape index (κ3) is 5.46. The molecule has 0 radical (unpaired) electrons. The molecule has 2 N–H and O–H groups in total. The predicted octanol–water partition coefficient (Wildman–Crippen LogP) is 5.32. The first kappa shape index (κ1) is 25.5. The van der Waals surface area contributed by atoms with E-state index in [1.807, 2.05) is 32.0 Å². The van der Waals surface area contributed by atoms with E-state index in [4.69, 9.17) is 29.4 Å². The molecule has 0 saturated carbocycles. The highest BCUT2D eigenvalue weighted by atomic mass is 16.5. The van der Waals surface area contributed by atoms with Crippen molar-refractivity contribution in [2.45, 2.75) is 26.2 Å². The number of hydrogen-bond acceptors (Lipinski definition) is 8. The number of rotatable bonds is 9. The van der Waals surface area contributed by atoms with Gasteiger partial charge in [0.25, 0.3) is 0 Å². The Bertz CT molecular complexity index is 1360. The van der Waals surface area contributed by atoms with Crippen LogP contribution in [0.25, 0.3) is 0 Å². The maximum Gasteiger partial charge on any atom is 0.343 e. The molecule has 1 atom stereocenters. The summed E-state index contributed by atoms with van der Waals surface area (Å²) in [5.41, 5.74) is 8.30. The van der Waals surface area contributed by atoms with E-state index in [9.17, 15) is 10.1 Å². The molecular formula is C29H28N2O6. The molecule has 0 saturated heterocycles. The zero-order chi connectivity index (χ0) is 26.4. The molecule has 0 spiro atoms. The van der Waals surface area contributed by atoms with E-state index in [1.54, 1.807) is 49.6 Å². The Labute approximate surface area is 215 Å². The van der Waals surface area contributed by atoms with Crippen molar-refractivity contribution < 1.29 is 28.5 Å². The van der Waals surface area contributed by atoms with Crippen molar-refractivity contribution in [1.82, 2.24) is 0 Å². The summed E-state index contributed by atoms with van der Waals surface area (Å²) in [4.78, 5) is 12.6. The number of esters is 1. The van der Waals surface area contributed by atoms with Crippen LogP contribution in [0.15, 0.2) is 72.1 Å².